The molecule has 9 nitrogen and oxygen atoms in total. The lowest BCUT2D eigenvalue weighted by molar-refractivity contribution is -0.127. The number of carbonyl (C=O) groups is 2. The Bertz CT molecular complexity index is 666. The van der Waals surface area contributed by atoms with Gasteiger partial charge in [-0.05, 0) is 20.8 Å². The highest BCUT2D eigenvalue weighted by atomic mass is 127. The van der Waals surface area contributed by atoms with Crippen molar-refractivity contribution in [2.75, 3.05) is 47.5 Å². The van der Waals surface area contributed by atoms with Gasteiger partial charge in [0.05, 0.1) is 24.9 Å². The number of esters is 1. The Morgan fingerprint density at radius 3 is 2.61 bits per heavy atom. The highest BCUT2D eigenvalue weighted by molar-refractivity contribution is 14.0. The molecule has 0 aromatic carbocycles. The Kier molecular flexibility index (Phi) is 12.9. The lowest BCUT2D eigenvalue weighted by Gasteiger charge is -2.17. The molecule has 1 aromatic rings. The third kappa shape index (κ3) is 8.69. The number of thiazole rings is 1. The minimum absolute atomic E-state index is 0. The molecule has 160 valence electrons. The summed E-state index contributed by atoms with van der Waals surface area (Å²) < 4.78 is 10.1. The monoisotopic (exact) mass is 527 g/mol. The van der Waals surface area contributed by atoms with Gasteiger partial charge in [-0.15, -0.1) is 35.3 Å². The number of ether oxygens (including phenoxy) is 2. The Morgan fingerprint density at radius 2 is 2.04 bits per heavy atom. The average molecular weight is 527 g/mol. The minimum atomic E-state index is -0.366. The third-order valence-electron chi connectivity index (χ3n) is 3.47. The molecule has 1 heterocycles. The first-order valence-electron chi connectivity index (χ1n) is 8.68. The van der Waals surface area contributed by atoms with Crippen LogP contribution in [0.25, 0.3) is 0 Å². The number of likely N-dealkylation sites (N-methyl/N-ethyl adjacent to an activating group) is 1. The van der Waals surface area contributed by atoms with Crippen molar-refractivity contribution in [3.8, 4) is 0 Å². The van der Waals surface area contributed by atoms with Crippen molar-refractivity contribution in [3.63, 3.8) is 0 Å². The van der Waals surface area contributed by atoms with Crippen LogP contribution >= 0.6 is 35.3 Å². The van der Waals surface area contributed by atoms with Gasteiger partial charge in [0, 0.05) is 27.7 Å². The first-order chi connectivity index (χ1) is 12.8. The summed E-state index contributed by atoms with van der Waals surface area (Å²) in [5.74, 6) is 0.000104. The molecule has 0 spiro atoms. The number of aromatic nitrogens is 1. The first kappa shape index (κ1) is 26.5. The molecule has 28 heavy (non-hydrogen) atoms. The Balaban J connectivity index is 0.00000729. The molecule has 0 aliphatic heterocycles. The standard InChI is InChI=1S/C17H29N5O4S.HI/c1-7-26-16(24)14-11(2)20-15(27-14)12(3)21-17(18-8-9-25-6)19-10-13(23)22(4)5;/h12H,7-10H2,1-6H3,(H2,18,19,21);1H. The van der Waals surface area contributed by atoms with Crippen molar-refractivity contribution in [2.45, 2.75) is 26.8 Å². The third-order valence-corrected chi connectivity index (χ3v) is 4.79. The zero-order valence-corrected chi connectivity index (χ0v) is 20.3. The van der Waals surface area contributed by atoms with Crippen LogP contribution in [0.4, 0.5) is 0 Å². The maximum Gasteiger partial charge on any atom is 0.350 e. The topological polar surface area (TPSA) is 105 Å². The molecule has 1 atom stereocenters. The van der Waals surface area contributed by atoms with Crippen molar-refractivity contribution in [1.29, 1.82) is 0 Å². The molecule has 11 heteroatoms. The number of guanidine groups is 1. The van der Waals surface area contributed by atoms with E-state index in [1.54, 1.807) is 35.1 Å². The van der Waals surface area contributed by atoms with Gasteiger partial charge >= 0.3 is 5.97 Å². The second-order valence-electron chi connectivity index (χ2n) is 5.93. The molecular weight excluding hydrogens is 497 g/mol. The summed E-state index contributed by atoms with van der Waals surface area (Å²) in [6.07, 6.45) is 0. The lowest BCUT2D eigenvalue weighted by Crippen LogP contribution is -2.41. The van der Waals surface area contributed by atoms with E-state index < -0.39 is 0 Å². The molecule has 0 radical (unpaired) electrons. The summed E-state index contributed by atoms with van der Waals surface area (Å²) in [5, 5.41) is 7.05. The van der Waals surface area contributed by atoms with E-state index >= 15 is 0 Å². The van der Waals surface area contributed by atoms with E-state index in [9.17, 15) is 9.59 Å². The van der Waals surface area contributed by atoms with Crippen LogP contribution < -0.4 is 10.6 Å². The number of rotatable bonds is 9. The average Bonchev–Trinajstić information content (AvgIpc) is 3.01. The van der Waals surface area contributed by atoms with Crippen molar-refractivity contribution in [3.05, 3.63) is 15.6 Å². The van der Waals surface area contributed by atoms with Gasteiger partial charge in [0.1, 0.15) is 16.4 Å². The lowest BCUT2D eigenvalue weighted by atomic mass is 10.3. The Morgan fingerprint density at radius 1 is 1.36 bits per heavy atom. The van der Waals surface area contributed by atoms with Crippen LogP contribution in [0.15, 0.2) is 4.99 Å². The summed E-state index contributed by atoms with van der Waals surface area (Å²) >= 11 is 1.28. The fourth-order valence-corrected chi connectivity index (χ4v) is 2.93. The fourth-order valence-electron chi connectivity index (χ4n) is 1.97. The van der Waals surface area contributed by atoms with Crippen LogP contribution in [0.3, 0.4) is 0 Å². The van der Waals surface area contributed by atoms with Gasteiger partial charge in [-0.3, -0.25) is 4.79 Å². The molecule has 0 aliphatic rings. The van der Waals surface area contributed by atoms with Gasteiger partial charge in [0.15, 0.2) is 5.96 Å². The van der Waals surface area contributed by atoms with Crippen LogP contribution in [0.5, 0.6) is 0 Å². The summed E-state index contributed by atoms with van der Waals surface area (Å²) in [6, 6.07) is -0.208. The second kappa shape index (κ2) is 13.7. The molecule has 1 amide bonds. The molecular formula is C17H30IN5O4S. The van der Waals surface area contributed by atoms with Crippen LogP contribution in [-0.2, 0) is 14.3 Å². The number of hydrogen-bond donors (Lipinski definition) is 2. The Labute approximate surface area is 187 Å². The normalized spacial score (nSPS) is 12.0. The van der Waals surface area contributed by atoms with Crippen LogP contribution in [0, 0.1) is 6.92 Å². The van der Waals surface area contributed by atoms with Gasteiger partial charge in [0.2, 0.25) is 5.91 Å². The van der Waals surface area contributed by atoms with Crippen molar-refractivity contribution in [1.82, 2.24) is 20.5 Å². The zero-order valence-electron chi connectivity index (χ0n) is 17.2. The summed E-state index contributed by atoms with van der Waals surface area (Å²) in [7, 11) is 4.97. The maximum absolute atomic E-state index is 12.0. The van der Waals surface area contributed by atoms with Gasteiger partial charge < -0.3 is 25.0 Å². The smallest absolute Gasteiger partial charge is 0.350 e. The summed E-state index contributed by atoms with van der Waals surface area (Å²) in [5.41, 5.74) is 0.635. The first-order valence-corrected chi connectivity index (χ1v) is 9.50. The molecule has 0 aliphatic carbocycles. The summed E-state index contributed by atoms with van der Waals surface area (Å²) in [6.45, 7) is 6.83. The predicted molar refractivity (Wildman–Crippen MR) is 121 cm³/mol. The minimum Gasteiger partial charge on any atom is -0.462 e. The number of aryl methyl sites for hydroxylation is 1. The molecule has 2 N–H and O–H groups in total. The number of amides is 1. The highest BCUT2D eigenvalue weighted by Gasteiger charge is 2.20. The SMILES string of the molecule is CCOC(=O)c1sc(C(C)NC(=NCC(=O)N(C)C)NCCOC)nc1C.I. The number of carbonyl (C=O) groups excluding carboxylic acids is 2. The number of hydrogen-bond acceptors (Lipinski definition) is 7. The predicted octanol–water partition coefficient (Wildman–Crippen LogP) is 1.58. The van der Waals surface area contributed by atoms with E-state index in [4.69, 9.17) is 9.47 Å². The fraction of sp³-hybridized carbons (Fsp3) is 0.647. The van der Waals surface area contributed by atoms with Gasteiger partial charge in [-0.2, -0.15) is 0 Å². The zero-order chi connectivity index (χ0) is 20.4. The van der Waals surface area contributed by atoms with E-state index in [0.29, 0.717) is 36.3 Å². The van der Waals surface area contributed by atoms with Gasteiger partial charge in [0.25, 0.3) is 0 Å². The summed E-state index contributed by atoms with van der Waals surface area (Å²) in [4.78, 5) is 34.5. The van der Waals surface area contributed by atoms with E-state index in [1.165, 1.54) is 16.2 Å². The Hall–Kier alpha value is -1.47. The number of nitrogens with one attached hydrogen (secondary N) is 2. The molecule has 1 aromatic heterocycles. The number of aliphatic imine (C=N–C) groups is 1. The maximum atomic E-state index is 12.0. The second-order valence-corrected chi connectivity index (χ2v) is 6.96. The molecule has 0 saturated heterocycles. The number of methoxy groups -OCH3 is 1. The van der Waals surface area contributed by atoms with E-state index in [-0.39, 0.29) is 48.4 Å². The molecule has 0 fully saturated rings. The van der Waals surface area contributed by atoms with Crippen molar-refractivity contribution >= 4 is 53.1 Å². The van der Waals surface area contributed by atoms with Crippen LogP contribution in [0.1, 0.15) is 40.3 Å². The largest absolute Gasteiger partial charge is 0.462 e. The molecule has 1 rings (SSSR count). The van der Waals surface area contributed by atoms with Gasteiger partial charge in [-0.1, -0.05) is 0 Å². The van der Waals surface area contributed by atoms with Crippen molar-refractivity contribution < 1.29 is 19.1 Å². The van der Waals surface area contributed by atoms with Crippen LogP contribution in [-0.4, -0.2) is 75.2 Å². The molecule has 0 saturated carbocycles. The molecule has 0 bridgehead atoms. The highest BCUT2D eigenvalue weighted by Crippen LogP contribution is 2.24. The van der Waals surface area contributed by atoms with Gasteiger partial charge in [-0.25, -0.2) is 14.8 Å². The number of halogens is 1. The molecule has 1 unspecified atom stereocenters. The number of nitrogens with zero attached hydrogens (tertiary/aromatic N) is 3. The van der Waals surface area contributed by atoms with E-state index in [2.05, 4.69) is 20.6 Å². The van der Waals surface area contributed by atoms with Crippen LogP contribution in [0.2, 0.25) is 0 Å². The van der Waals surface area contributed by atoms with Crippen molar-refractivity contribution in [2.24, 2.45) is 4.99 Å². The quantitative estimate of drug-likeness (QED) is 0.165. The van der Waals surface area contributed by atoms with E-state index in [1.807, 2.05) is 6.92 Å². The van der Waals surface area contributed by atoms with E-state index in [0.717, 1.165) is 5.01 Å².